The highest BCUT2D eigenvalue weighted by atomic mass is 16.3. The molecule has 2 aromatic carbocycles. The second-order valence-electron chi connectivity index (χ2n) is 5.38. The molecule has 0 saturated heterocycles. The Morgan fingerprint density at radius 2 is 1.15 bits per heavy atom. The number of benzene rings is 2. The number of carbonyl (C=O) groups excluding carboxylic acids is 2. The van der Waals surface area contributed by atoms with Gasteiger partial charge in [0.2, 0.25) is 0 Å². The van der Waals surface area contributed by atoms with Crippen molar-refractivity contribution >= 4 is 23.2 Å². The molecule has 0 heterocycles. The van der Waals surface area contributed by atoms with Crippen molar-refractivity contribution in [1.82, 2.24) is 10.9 Å². The van der Waals surface area contributed by atoms with Gasteiger partial charge in [-0.15, -0.1) is 0 Å². The first-order valence-electron chi connectivity index (χ1n) is 7.64. The van der Waals surface area contributed by atoms with Gasteiger partial charge in [-0.3, -0.25) is 9.59 Å². The van der Waals surface area contributed by atoms with E-state index in [2.05, 4.69) is 21.1 Å². The average molecular weight is 354 g/mol. The largest absolute Gasteiger partial charge is 0.508 e. The minimum Gasteiger partial charge on any atom is -0.508 e. The predicted molar refractivity (Wildman–Crippen MR) is 96.9 cm³/mol. The van der Waals surface area contributed by atoms with E-state index in [1.807, 2.05) is 0 Å². The molecule has 0 aliphatic carbocycles. The van der Waals surface area contributed by atoms with Crippen molar-refractivity contribution in [2.24, 2.45) is 10.2 Å². The zero-order chi connectivity index (χ0) is 19.1. The summed E-state index contributed by atoms with van der Waals surface area (Å²) >= 11 is 0. The molecule has 0 bridgehead atoms. The number of carbonyl (C=O) groups is 2. The second-order valence-corrected chi connectivity index (χ2v) is 5.38. The first-order valence-corrected chi connectivity index (χ1v) is 7.64. The maximum absolute atomic E-state index is 11.8. The number of hydrazone groups is 2. The quantitative estimate of drug-likeness (QED) is 0.377. The van der Waals surface area contributed by atoms with Crippen molar-refractivity contribution in [1.29, 1.82) is 0 Å². The minimum atomic E-state index is -0.989. The maximum Gasteiger partial charge on any atom is 0.331 e. The number of aromatic hydroxyl groups is 2. The molecule has 0 unspecified atom stereocenters. The van der Waals surface area contributed by atoms with Gasteiger partial charge in [-0.2, -0.15) is 10.2 Å². The van der Waals surface area contributed by atoms with Crippen molar-refractivity contribution in [2.75, 3.05) is 0 Å². The molecule has 4 N–H and O–H groups in total. The van der Waals surface area contributed by atoms with Crippen LogP contribution in [-0.4, -0.2) is 33.5 Å². The van der Waals surface area contributed by atoms with Crippen LogP contribution < -0.4 is 10.9 Å². The van der Waals surface area contributed by atoms with Crippen LogP contribution in [0.2, 0.25) is 0 Å². The lowest BCUT2D eigenvalue weighted by Crippen LogP contribution is -2.36. The summed E-state index contributed by atoms with van der Waals surface area (Å²) < 4.78 is 0. The lowest BCUT2D eigenvalue weighted by molar-refractivity contribution is -0.139. The first-order chi connectivity index (χ1) is 12.4. The molecule has 0 spiro atoms. The molecule has 0 aromatic heterocycles. The molecule has 0 saturated carbocycles. The van der Waals surface area contributed by atoms with Crippen LogP contribution in [0, 0.1) is 0 Å². The van der Waals surface area contributed by atoms with Gasteiger partial charge in [-0.1, -0.05) is 24.3 Å². The summed E-state index contributed by atoms with van der Waals surface area (Å²) in [5.41, 5.74) is 6.27. The molecule has 26 heavy (non-hydrogen) atoms. The highest BCUT2D eigenvalue weighted by molar-refractivity contribution is 6.35. The number of hydrogen-bond donors (Lipinski definition) is 4. The number of nitrogens with zero attached hydrogens (tertiary/aromatic N) is 2. The van der Waals surface area contributed by atoms with Crippen molar-refractivity contribution in [3.05, 3.63) is 59.7 Å². The summed E-state index contributed by atoms with van der Waals surface area (Å²) in [5, 5.41) is 26.5. The van der Waals surface area contributed by atoms with E-state index >= 15 is 0 Å². The summed E-state index contributed by atoms with van der Waals surface area (Å²) in [6.07, 6.45) is 0. The van der Waals surface area contributed by atoms with E-state index in [9.17, 15) is 19.8 Å². The number of hydrogen-bond acceptors (Lipinski definition) is 6. The second kappa shape index (κ2) is 8.43. The van der Waals surface area contributed by atoms with E-state index in [1.54, 1.807) is 38.1 Å². The Bertz CT molecular complexity index is 817. The SMILES string of the molecule is C/C(=N/NC(=O)C(=O)N/N=C(/C)c1cccc(O)c1)c1cccc(O)c1. The lowest BCUT2D eigenvalue weighted by atomic mass is 10.1. The van der Waals surface area contributed by atoms with Crippen LogP contribution in [0.25, 0.3) is 0 Å². The van der Waals surface area contributed by atoms with Crippen LogP contribution in [0.4, 0.5) is 0 Å². The van der Waals surface area contributed by atoms with Gasteiger partial charge in [0, 0.05) is 11.1 Å². The summed E-state index contributed by atoms with van der Waals surface area (Å²) in [6, 6.07) is 12.7. The number of phenolic OH excluding ortho intramolecular Hbond substituents is 2. The van der Waals surface area contributed by atoms with Crippen molar-refractivity contribution in [2.45, 2.75) is 13.8 Å². The highest BCUT2D eigenvalue weighted by Crippen LogP contribution is 2.12. The molecule has 0 aliphatic rings. The standard InChI is InChI=1S/C18H18N4O4/c1-11(13-5-3-7-15(23)9-13)19-21-17(25)18(26)22-20-12(2)14-6-4-8-16(24)10-14/h3-10,23-24H,1-2H3,(H,21,25)(H,22,26)/b19-11-,20-12-. The molecule has 134 valence electrons. The minimum absolute atomic E-state index is 0.0675. The van der Waals surface area contributed by atoms with E-state index in [1.165, 1.54) is 24.3 Å². The number of phenols is 2. The number of rotatable bonds is 4. The molecule has 0 radical (unpaired) electrons. The average Bonchev–Trinajstić information content (AvgIpc) is 2.63. The molecule has 0 aliphatic heterocycles. The number of nitrogens with one attached hydrogen (secondary N) is 2. The van der Waals surface area contributed by atoms with Crippen molar-refractivity contribution in [3.63, 3.8) is 0 Å². The smallest absolute Gasteiger partial charge is 0.331 e. The van der Waals surface area contributed by atoms with E-state index in [-0.39, 0.29) is 11.5 Å². The Labute approximate surface area is 149 Å². The van der Waals surface area contributed by atoms with Crippen LogP contribution in [0.15, 0.2) is 58.7 Å². The Morgan fingerprint density at radius 1 is 0.769 bits per heavy atom. The van der Waals surface area contributed by atoms with E-state index in [4.69, 9.17) is 0 Å². The molecule has 2 aromatic rings. The maximum atomic E-state index is 11.8. The first kappa shape index (κ1) is 18.7. The molecule has 2 amide bonds. The topological polar surface area (TPSA) is 123 Å². The fourth-order valence-electron chi connectivity index (χ4n) is 1.96. The zero-order valence-corrected chi connectivity index (χ0v) is 14.2. The summed E-state index contributed by atoms with van der Waals surface area (Å²) in [5.74, 6) is -1.84. The summed E-state index contributed by atoms with van der Waals surface area (Å²) in [6.45, 7) is 3.24. The zero-order valence-electron chi connectivity index (χ0n) is 14.2. The Hall–Kier alpha value is -3.68. The van der Waals surface area contributed by atoms with Gasteiger partial charge in [0.15, 0.2) is 0 Å². The highest BCUT2D eigenvalue weighted by Gasteiger charge is 2.12. The molecule has 0 atom stereocenters. The van der Waals surface area contributed by atoms with Gasteiger partial charge in [0.05, 0.1) is 11.4 Å². The lowest BCUT2D eigenvalue weighted by Gasteiger charge is -2.04. The molecular formula is C18H18N4O4. The number of amides is 2. The Kier molecular flexibility index (Phi) is 6.05. The van der Waals surface area contributed by atoms with E-state index < -0.39 is 11.8 Å². The molecule has 0 fully saturated rings. The van der Waals surface area contributed by atoms with Crippen LogP contribution in [-0.2, 0) is 9.59 Å². The fourth-order valence-corrected chi connectivity index (χ4v) is 1.96. The van der Waals surface area contributed by atoms with E-state index in [0.29, 0.717) is 22.6 Å². The van der Waals surface area contributed by atoms with Crippen LogP contribution >= 0.6 is 0 Å². The van der Waals surface area contributed by atoms with Gasteiger partial charge >= 0.3 is 11.8 Å². The van der Waals surface area contributed by atoms with Gasteiger partial charge < -0.3 is 10.2 Å². The third-order valence-electron chi connectivity index (χ3n) is 3.38. The molecule has 8 nitrogen and oxygen atoms in total. The van der Waals surface area contributed by atoms with Crippen molar-refractivity contribution < 1.29 is 19.8 Å². The predicted octanol–water partition coefficient (Wildman–Crippen LogP) is 1.48. The molecule has 2 rings (SSSR count). The Balaban J connectivity index is 1.96. The monoisotopic (exact) mass is 354 g/mol. The third-order valence-corrected chi connectivity index (χ3v) is 3.38. The fraction of sp³-hybridized carbons (Fsp3) is 0.111. The molecular weight excluding hydrogens is 336 g/mol. The summed E-state index contributed by atoms with van der Waals surface area (Å²) in [7, 11) is 0. The van der Waals surface area contributed by atoms with Gasteiger partial charge in [-0.05, 0) is 38.1 Å². The van der Waals surface area contributed by atoms with Gasteiger partial charge in [0.25, 0.3) is 0 Å². The normalized spacial score (nSPS) is 11.8. The van der Waals surface area contributed by atoms with E-state index in [0.717, 1.165) is 0 Å². The van der Waals surface area contributed by atoms with Crippen LogP contribution in [0.3, 0.4) is 0 Å². The van der Waals surface area contributed by atoms with Crippen molar-refractivity contribution in [3.8, 4) is 11.5 Å². The Morgan fingerprint density at radius 3 is 1.50 bits per heavy atom. The van der Waals surface area contributed by atoms with Crippen LogP contribution in [0.1, 0.15) is 25.0 Å². The van der Waals surface area contributed by atoms with Gasteiger partial charge in [0.1, 0.15) is 11.5 Å². The van der Waals surface area contributed by atoms with Gasteiger partial charge in [-0.25, -0.2) is 10.9 Å². The molecule has 8 heteroatoms. The summed E-state index contributed by atoms with van der Waals surface area (Å²) in [4.78, 5) is 23.5. The third kappa shape index (κ3) is 5.17. The van der Waals surface area contributed by atoms with Crippen LogP contribution in [0.5, 0.6) is 11.5 Å².